The summed E-state index contributed by atoms with van der Waals surface area (Å²) in [5, 5.41) is 0. The van der Waals surface area contributed by atoms with Crippen LogP contribution in [-0.4, -0.2) is 18.9 Å². The molecule has 0 spiro atoms. The molecule has 0 aliphatic rings. The minimum Gasteiger partial charge on any atom is -0.469 e. The van der Waals surface area contributed by atoms with E-state index in [1.807, 2.05) is 0 Å². The highest BCUT2D eigenvalue weighted by atomic mass is 16.5. The monoisotopic (exact) mass is 312 g/mol. The van der Waals surface area contributed by atoms with Gasteiger partial charge in [0, 0.05) is 19.3 Å². The largest absolute Gasteiger partial charge is 0.469 e. The second-order valence-corrected chi connectivity index (χ2v) is 6.25. The molecular weight excluding hydrogens is 276 g/mol. The summed E-state index contributed by atoms with van der Waals surface area (Å²) in [5.74, 6) is 0.335. The zero-order chi connectivity index (χ0) is 16.5. The molecule has 0 radical (unpaired) electrons. The van der Waals surface area contributed by atoms with Crippen LogP contribution in [0.4, 0.5) is 0 Å². The molecule has 0 aliphatic carbocycles. The summed E-state index contributed by atoms with van der Waals surface area (Å²) in [7, 11) is 1.44. The third-order valence-corrected chi connectivity index (χ3v) is 4.12. The number of hydrogen-bond donors (Lipinski definition) is 0. The Bertz CT molecular complexity index is 274. The van der Waals surface area contributed by atoms with Crippen LogP contribution in [0.15, 0.2) is 0 Å². The van der Waals surface area contributed by atoms with Crippen LogP contribution < -0.4 is 0 Å². The number of carbonyl (C=O) groups excluding carboxylic acids is 2. The molecule has 0 aromatic rings. The van der Waals surface area contributed by atoms with Gasteiger partial charge in [0.15, 0.2) is 0 Å². The van der Waals surface area contributed by atoms with Crippen molar-refractivity contribution in [3.63, 3.8) is 0 Å². The van der Waals surface area contributed by atoms with E-state index in [1.54, 1.807) is 0 Å². The number of esters is 1. The summed E-state index contributed by atoms with van der Waals surface area (Å²) in [6.45, 7) is 2.22. The topological polar surface area (TPSA) is 43.4 Å². The molecule has 3 nitrogen and oxygen atoms in total. The molecule has 0 saturated carbocycles. The zero-order valence-corrected chi connectivity index (χ0v) is 14.8. The van der Waals surface area contributed by atoms with Gasteiger partial charge in [0.25, 0.3) is 0 Å². The molecule has 0 rings (SSSR count). The van der Waals surface area contributed by atoms with E-state index in [0.717, 1.165) is 51.4 Å². The van der Waals surface area contributed by atoms with Gasteiger partial charge in [0.1, 0.15) is 5.78 Å². The highest BCUT2D eigenvalue weighted by Crippen LogP contribution is 2.12. The SMILES string of the molecule is CCCCCCCCC(=O)CCCCCCCCC(=O)OC. The van der Waals surface area contributed by atoms with Crippen molar-refractivity contribution in [3.05, 3.63) is 0 Å². The quantitative estimate of drug-likeness (QED) is 0.275. The van der Waals surface area contributed by atoms with Gasteiger partial charge in [-0.2, -0.15) is 0 Å². The maximum atomic E-state index is 11.7. The van der Waals surface area contributed by atoms with Crippen LogP contribution in [0.5, 0.6) is 0 Å². The van der Waals surface area contributed by atoms with Crippen LogP contribution in [-0.2, 0) is 14.3 Å². The van der Waals surface area contributed by atoms with Gasteiger partial charge >= 0.3 is 5.97 Å². The van der Waals surface area contributed by atoms with Crippen LogP contribution in [0.2, 0.25) is 0 Å². The van der Waals surface area contributed by atoms with Crippen molar-refractivity contribution in [1.82, 2.24) is 0 Å². The summed E-state index contributed by atoms with van der Waals surface area (Å²) in [6.07, 6.45) is 16.1. The Hall–Kier alpha value is -0.860. The molecule has 0 aliphatic heterocycles. The van der Waals surface area contributed by atoms with Crippen LogP contribution in [0, 0.1) is 0 Å². The molecule has 0 atom stereocenters. The first-order chi connectivity index (χ1) is 10.7. The summed E-state index contributed by atoms with van der Waals surface area (Å²) < 4.78 is 4.60. The average Bonchev–Trinajstić information content (AvgIpc) is 2.52. The second-order valence-electron chi connectivity index (χ2n) is 6.25. The lowest BCUT2D eigenvalue weighted by atomic mass is 10.0. The number of ketones is 1. The summed E-state index contributed by atoms with van der Waals surface area (Å²) >= 11 is 0. The molecule has 0 aromatic carbocycles. The Balaban J connectivity index is 3.20. The summed E-state index contributed by atoms with van der Waals surface area (Å²) in [6, 6.07) is 0. The Kier molecular flexibility index (Phi) is 15.9. The Morgan fingerprint density at radius 1 is 0.636 bits per heavy atom. The smallest absolute Gasteiger partial charge is 0.305 e. The molecule has 0 unspecified atom stereocenters. The number of hydrogen-bond acceptors (Lipinski definition) is 3. The third-order valence-electron chi connectivity index (χ3n) is 4.12. The van der Waals surface area contributed by atoms with E-state index >= 15 is 0 Å². The van der Waals surface area contributed by atoms with E-state index in [2.05, 4.69) is 11.7 Å². The number of ether oxygens (including phenoxy) is 1. The lowest BCUT2D eigenvalue weighted by molar-refractivity contribution is -0.140. The van der Waals surface area contributed by atoms with Crippen molar-refractivity contribution >= 4 is 11.8 Å². The Morgan fingerprint density at radius 2 is 1.05 bits per heavy atom. The lowest BCUT2D eigenvalue weighted by Gasteiger charge is -2.03. The van der Waals surface area contributed by atoms with Crippen molar-refractivity contribution in [1.29, 1.82) is 0 Å². The first-order valence-corrected chi connectivity index (χ1v) is 9.29. The van der Waals surface area contributed by atoms with Gasteiger partial charge in [-0.05, 0) is 19.3 Å². The minimum atomic E-state index is -0.111. The Morgan fingerprint density at radius 3 is 1.50 bits per heavy atom. The van der Waals surface area contributed by atoms with E-state index in [4.69, 9.17) is 0 Å². The van der Waals surface area contributed by atoms with Crippen molar-refractivity contribution in [2.24, 2.45) is 0 Å². The molecule has 22 heavy (non-hydrogen) atoms. The maximum absolute atomic E-state index is 11.7. The van der Waals surface area contributed by atoms with E-state index in [9.17, 15) is 9.59 Å². The van der Waals surface area contributed by atoms with Crippen LogP contribution >= 0.6 is 0 Å². The fourth-order valence-electron chi connectivity index (χ4n) is 2.63. The summed E-state index contributed by atoms with van der Waals surface area (Å²) in [4.78, 5) is 22.6. The molecular formula is C19H36O3. The fraction of sp³-hybridized carbons (Fsp3) is 0.895. The molecule has 0 heterocycles. The summed E-state index contributed by atoms with van der Waals surface area (Å²) in [5.41, 5.74) is 0. The molecule has 0 N–H and O–H groups in total. The van der Waals surface area contributed by atoms with Crippen LogP contribution in [0.25, 0.3) is 0 Å². The van der Waals surface area contributed by atoms with Crippen molar-refractivity contribution < 1.29 is 14.3 Å². The normalized spacial score (nSPS) is 10.6. The van der Waals surface area contributed by atoms with Crippen LogP contribution in [0.3, 0.4) is 0 Å². The fourth-order valence-corrected chi connectivity index (χ4v) is 2.63. The molecule has 0 aromatic heterocycles. The first kappa shape index (κ1) is 21.1. The predicted octanol–water partition coefficient (Wildman–Crippen LogP) is 5.60. The number of rotatable bonds is 16. The molecule has 0 bridgehead atoms. The third kappa shape index (κ3) is 15.5. The van der Waals surface area contributed by atoms with E-state index < -0.39 is 0 Å². The second kappa shape index (κ2) is 16.5. The zero-order valence-electron chi connectivity index (χ0n) is 14.8. The number of carbonyl (C=O) groups is 2. The molecule has 0 amide bonds. The van der Waals surface area contributed by atoms with Gasteiger partial charge in [0.2, 0.25) is 0 Å². The van der Waals surface area contributed by atoms with Gasteiger partial charge in [-0.15, -0.1) is 0 Å². The van der Waals surface area contributed by atoms with E-state index in [0.29, 0.717) is 12.2 Å². The van der Waals surface area contributed by atoms with Crippen molar-refractivity contribution in [2.75, 3.05) is 7.11 Å². The minimum absolute atomic E-state index is 0.111. The van der Waals surface area contributed by atoms with Crippen molar-refractivity contribution in [2.45, 2.75) is 103 Å². The molecule has 3 heteroatoms. The highest BCUT2D eigenvalue weighted by molar-refractivity contribution is 5.78. The lowest BCUT2D eigenvalue weighted by Crippen LogP contribution is -1.99. The standard InChI is InChI=1S/C19H36O3/c1-3-4-5-6-9-12-15-18(20)16-13-10-7-8-11-14-17-19(21)22-2/h3-17H2,1-2H3. The van der Waals surface area contributed by atoms with E-state index in [-0.39, 0.29) is 5.97 Å². The maximum Gasteiger partial charge on any atom is 0.305 e. The molecule has 0 saturated heterocycles. The molecule has 130 valence electrons. The number of unbranched alkanes of at least 4 members (excludes halogenated alkanes) is 10. The van der Waals surface area contributed by atoms with Gasteiger partial charge in [-0.25, -0.2) is 0 Å². The first-order valence-electron chi connectivity index (χ1n) is 9.29. The highest BCUT2D eigenvalue weighted by Gasteiger charge is 2.02. The number of Topliss-reactive ketones (excluding diaryl/α,β-unsaturated/α-hetero) is 1. The van der Waals surface area contributed by atoms with E-state index in [1.165, 1.54) is 45.6 Å². The predicted molar refractivity (Wildman–Crippen MR) is 92.0 cm³/mol. The van der Waals surface area contributed by atoms with Crippen LogP contribution in [0.1, 0.15) is 103 Å². The average molecular weight is 312 g/mol. The van der Waals surface area contributed by atoms with Gasteiger partial charge < -0.3 is 4.74 Å². The molecule has 0 fully saturated rings. The van der Waals surface area contributed by atoms with Crippen molar-refractivity contribution in [3.8, 4) is 0 Å². The van der Waals surface area contributed by atoms with Gasteiger partial charge in [-0.1, -0.05) is 64.7 Å². The van der Waals surface area contributed by atoms with Gasteiger partial charge in [0.05, 0.1) is 7.11 Å². The Labute approximate surface area is 137 Å². The van der Waals surface area contributed by atoms with Gasteiger partial charge in [-0.3, -0.25) is 9.59 Å². The number of methoxy groups -OCH3 is 1.